The van der Waals surface area contributed by atoms with Crippen LogP contribution in [0.15, 0.2) is 24.3 Å². The largest absolute Gasteiger partial charge is 0.493 e. The molecule has 2 N–H and O–H groups in total. The first-order valence-corrected chi connectivity index (χ1v) is 6.72. The second-order valence-corrected chi connectivity index (χ2v) is 4.99. The van der Waals surface area contributed by atoms with E-state index in [9.17, 15) is 4.79 Å². The lowest BCUT2D eigenvalue weighted by Crippen LogP contribution is -2.20. The fraction of sp³-hybridized carbons (Fsp3) is 0.533. The van der Waals surface area contributed by atoms with Gasteiger partial charge >= 0.3 is 5.97 Å². The molecule has 0 heterocycles. The van der Waals surface area contributed by atoms with Crippen molar-refractivity contribution in [3.05, 3.63) is 29.8 Å². The summed E-state index contributed by atoms with van der Waals surface area (Å²) in [5, 5.41) is 11.6. The minimum atomic E-state index is -0.765. The Morgan fingerprint density at radius 1 is 1.26 bits per heavy atom. The van der Waals surface area contributed by atoms with Crippen LogP contribution >= 0.6 is 0 Å². The number of ether oxygens (including phenoxy) is 1. The maximum atomic E-state index is 10.3. The molecule has 4 heteroatoms. The van der Waals surface area contributed by atoms with Crippen LogP contribution in [0.25, 0.3) is 0 Å². The summed E-state index contributed by atoms with van der Waals surface area (Å²) in [5.74, 6) is 0.661. The molecule has 19 heavy (non-hydrogen) atoms. The third-order valence-electron chi connectivity index (χ3n) is 2.61. The van der Waals surface area contributed by atoms with Gasteiger partial charge < -0.3 is 15.2 Å². The fourth-order valence-corrected chi connectivity index (χ4v) is 1.57. The molecular weight excluding hydrogens is 242 g/mol. The Morgan fingerprint density at radius 2 is 1.95 bits per heavy atom. The predicted octanol–water partition coefficient (Wildman–Crippen LogP) is 2.33. The Hall–Kier alpha value is -1.55. The Morgan fingerprint density at radius 3 is 2.53 bits per heavy atom. The van der Waals surface area contributed by atoms with Crippen LogP contribution in [0, 0.1) is 5.92 Å². The predicted molar refractivity (Wildman–Crippen MR) is 75.6 cm³/mol. The zero-order valence-electron chi connectivity index (χ0n) is 11.7. The average molecular weight is 265 g/mol. The van der Waals surface area contributed by atoms with Crippen molar-refractivity contribution < 1.29 is 14.6 Å². The van der Waals surface area contributed by atoms with Crippen molar-refractivity contribution in [3.63, 3.8) is 0 Å². The normalized spacial score (nSPS) is 10.7. The molecule has 4 nitrogen and oxygen atoms in total. The molecule has 0 aliphatic rings. The lowest BCUT2D eigenvalue weighted by Gasteiger charge is -2.09. The molecular formula is C15H23NO3. The van der Waals surface area contributed by atoms with Crippen molar-refractivity contribution in [1.82, 2.24) is 5.32 Å². The molecule has 0 atom stereocenters. The van der Waals surface area contributed by atoms with Gasteiger partial charge in [-0.3, -0.25) is 4.79 Å². The first-order valence-electron chi connectivity index (χ1n) is 6.72. The van der Waals surface area contributed by atoms with E-state index < -0.39 is 5.97 Å². The zero-order valence-corrected chi connectivity index (χ0v) is 11.7. The molecule has 0 saturated carbocycles. The molecule has 0 aliphatic carbocycles. The van der Waals surface area contributed by atoms with Crippen LogP contribution in [0.2, 0.25) is 0 Å². The Balaban J connectivity index is 2.22. The van der Waals surface area contributed by atoms with Crippen molar-refractivity contribution in [1.29, 1.82) is 0 Å². The lowest BCUT2D eigenvalue weighted by molar-refractivity contribution is -0.136. The van der Waals surface area contributed by atoms with Crippen LogP contribution in [0.5, 0.6) is 5.75 Å². The number of carboxylic acid groups (broad SMARTS) is 1. The highest BCUT2D eigenvalue weighted by Crippen LogP contribution is 2.13. The summed E-state index contributed by atoms with van der Waals surface area (Å²) < 4.78 is 5.61. The first kappa shape index (κ1) is 15.5. The van der Waals surface area contributed by atoms with Crippen molar-refractivity contribution in [2.45, 2.75) is 26.7 Å². The number of nitrogens with one attached hydrogen (secondary N) is 1. The van der Waals surface area contributed by atoms with Crippen LogP contribution in [-0.4, -0.2) is 30.8 Å². The summed E-state index contributed by atoms with van der Waals surface area (Å²) in [6.45, 7) is 6.29. The number of hydrogen-bond acceptors (Lipinski definition) is 3. The van der Waals surface area contributed by atoms with Gasteiger partial charge in [0.05, 0.1) is 13.0 Å². The Bertz CT molecular complexity index is 373. The number of carboxylic acids is 1. The van der Waals surface area contributed by atoms with Crippen LogP contribution in [0.1, 0.15) is 25.8 Å². The first-order chi connectivity index (χ1) is 9.08. The molecule has 0 unspecified atom stereocenters. The summed E-state index contributed by atoms with van der Waals surface area (Å²) in [7, 11) is 0. The van der Waals surface area contributed by atoms with E-state index in [1.165, 1.54) is 5.56 Å². The number of carbonyl (C=O) groups is 1. The molecule has 0 aliphatic heterocycles. The van der Waals surface area contributed by atoms with Gasteiger partial charge in [-0.1, -0.05) is 26.0 Å². The molecule has 0 spiro atoms. The quantitative estimate of drug-likeness (QED) is 0.673. The van der Waals surface area contributed by atoms with Crippen molar-refractivity contribution in [2.75, 3.05) is 19.7 Å². The minimum absolute atomic E-state index is 0.169. The van der Waals surface area contributed by atoms with Gasteiger partial charge in [0, 0.05) is 6.54 Å². The molecule has 0 bridgehead atoms. The van der Waals surface area contributed by atoms with Crippen LogP contribution < -0.4 is 10.1 Å². The molecule has 1 rings (SSSR count). The van der Waals surface area contributed by atoms with Gasteiger partial charge in [-0.05, 0) is 36.6 Å². The molecule has 0 aromatic heterocycles. The standard InChI is InChI=1S/C15H23NO3/c1-12(2)11-19-14-5-3-13(4-6-14)7-9-16-10-8-15(17)18/h3-6,12,16H,7-11H2,1-2H3,(H,17,18). The van der Waals surface area contributed by atoms with Crippen molar-refractivity contribution >= 4 is 5.97 Å². The van der Waals surface area contributed by atoms with Crippen LogP contribution in [0.4, 0.5) is 0 Å². The summed E-state index contributed by atoms with van der Waals surface area (Å²) in [5.41, 5.74) is 1.22. The van der Waals surface area contributed by atoms with Crippen LogP contribution in [-0.2, 0) is 11.2 Å². The van der Waals surface area contributed by atoms with E-state index in [1.807, 2.05) is 12.1 Å². The molecule has 0 fully saturated rings. The van der Waals surface area contributed by atoms with Gasteiger partial charge in [-0.2, -0.15) is 0 Å². The molecule has 0 amide bonds. The number of benzene rings is 1. The highest BCUT2D eigenvalue weighted by molar-refractivity contribution is 5.66. The summed E-state index contributed by atoms with van der Waals surface area (Å²) in [6.07, 6.45) is 1.06. The SMILES string of the molecule is CC(C)COc1ccc(CCNCCC(=O)O)cc1. The highest BCUT2D eigenvalue weighted by atomic mass is 16.5. The summed E-state index contributed by atoms with van der Waals surface area (Å²) in [4.78, 5) is 10.3. The van der Waals surface area contributed by atoms with Crippen molar-refractivity contribution in [2.24, 2.45) is 5.92 Å². The maximum Gasteiger partial charge on any atom is 0.304 e. The smallest absolute Gasteiger partial charge is 0.304 e. The maximum absolute atomic E-state index is 10.3. The second-order valence-electron chi connectivity index (χ2n) is 4.99. The second kappa shape index (κ2) is 8.53. The zero-order chi connectivity index (χ0) is 14.1. The van der Waals surface area contributed by atoms with Gasteiger partial charge in [0.2, 0.25) is 0 Å². The molecule has 106 valence electrons. The fourth-order valence-electron chi connectivity index (χ4n) is 1.57. The van der Waals surface area contributed by atoms with Gasteiger partial charge in [-0.25, -0.2) is 0 Å². The third kappa shape index (κ3) is 7.47. The van der Waals surface area contributed by atoms with E-state index in [0.29, 0.717) is 12.5 Å². The highest BCUT2D eigenvalue weighted by Gasteiger charge is 1.99. The van der Waals surface area contributed by atoms with E-state index in [2.05, 4.69) is 31.3 Å². The van der Waals surface area contributed by atoms with Gasteiger partial charge in [0.25, 0.3) is 0 Å². The number of rotatable bonds is 9. The van der Waals surface area contributed by atoms with Gasteiger partial charge in [0.1, 0.15) is 5.75 Å². The molecule has 1 aromatic carbocycles. The average Bonchev–Trinajstić information content (AvgIpc) is 2.37. The minimum Gasteiger partial charge on any atom is -0.493 e. The Kier molecular flexibility index (Phi) is 6.97. The summed E-state index contributed by atoms with van der Waals surface area (Å²) in [6, 6.07) is 8.06. The monoisotopic (exact) mass is 265 g/mol. The third-order valence-corrected chi connectivity index (χ3v) is 2.61. The van der Waals surface area contributed by atoms with E-state index in [-0.39, 0.29) is 6.42 Å². The van der Waals surface area contributed by atoms with E-state index in [0.717, 1.165) is 25.3 Å². The molecule has 0 saturated heterocycles. The number of hydrogen-bond donors (Lipinski definition) is 2. The van der Waals surface area contributed by atoms with E-state index >= 15 is 0 Å². The number of aliphatic carboxylic acids is 1. The van der Waals surface area contributed by atoms with Crippen LogP contribution in [0.3, 0.4) is 0 Å². The van der Waals surface area contributed by atoms with E-state index in [4.69, 9.17) is 9.84 Å². The summed E-state index contributed by atoms with van der Waals surface area (Å²) >= 11 is 0. The van der Waals surface area contributed by atoms with Gasteiger partial charge in [-0.15, -0.1) is 0 Å². The lowest BCUT2D eigenvalue weighted by atomic mass is 10.1. The van der Waals surface area contributed by atoms with E-state index in [1.54, 1.807) is 0 Å². The van der Waals surface area contributed by atoms with Gasteiger partial charge in [0.15, 0.2) is 0 Å². The molecule has 0 radical (unpaired) electrons. The molecule has 1 aromatic rings. The topological polar surface area (TPSA) is 58.6 Å². The van der Waals surface area contributed by atoms with Crippen molar-refractivity contribution in [3.8, 4) is 5.75 Å². The Labute approximate surface area is 114 Å².